The van der Waals surface area contributed by atoms with Gasteiger partial charge < -0.3 is 4.74 Å². The van der Waals surface area contributed by atoms with Crippen LogP contribution in [0.25, 0.3) is 0 Å². The van der Waals surface area contributed by atoms with E-state index in [2.05, 4.69) is 0 Å². The smallest absolute Gasteiger partial charge is 0.458 e. The molecule has 12 heteroatoms. The van der Waals surface area contributed by atoms with Gasteiger partial charge in [0, 0.05) is 0 Å². The van der Waals surface area contributed by atoms with Crippen molar-refractivity contribution >= 4 is 21.4 Å². The summed E-state index contributed by atoms with van der Waals surface area (Å²) in [6.07, 6.45) is -11.5. The zero-order chi connectivity index (χ0) is 21.8. The summed E-state index contributed by atoms with van der Waals surface area (Å²) in [7, 11) is -1.71. The minimum atomic E-state index is -5.77. The minimum Gasteiger partial charge on any atom is -0.497 e. The highest BCUT2D eigenvalue weighted by molar-refractivity contribution is 7.92. The Hall–Kier alpha value is -2.11. The number of benzene rings is 1. The predicted octanol–water partition coefficient (Wildman–Crippen LogP) is 3.52. The summed E-state index contributed by atoms with van der Waals surface area (Å²) < 4.78 is 95.2. The van der Waals surface area contributed by atoms with E-state index in [4.69, 9.17) is 4.74 Å². The Kier molecular flexibility index (Phi) is 7.63. The van der Waals surface area contributed by atoms with Crippen molar-refractivity contribution in [3.05, 3.63) is 24.3 Å². The summed E-state index contributed by atoms with van der Waals surface area (Å²) in [5.41, 5.74) is 0. The van der Waals surface area contributed by atoms with Crippen LogP contribution in [0.2, 0.25) is 0 Å². The summed E-state index contributed by atoms with van der Waals surface area (Å²) >= 11 is 0. The number of alkyl halides is 6. The number of carbonyl (C=O) groups is 2. The maximum absolute atomic E-state index is 12.0. The number of hydrogen-bond donors (Lipinski definition) is 0. The molecule has 0 bridgehead atoms. The Morgan fingerprint density at radius 1 is 0.815 bits per heavy atom. The molecule has 27 heavy (non-hydrogen) atoms. The van der Waals surface area contributed by atoms with E-state index in [-0.39, 0.29) is 0 Å². The normalized spacial score (nSPS) is 12.7. The van der Waals surface area contributed by atoms with Gasteiger partial charge in [0.05, 0.1) is 16.8 Å². The molecule has 0 aliphatic carbocycles. The van der Waals surface area contributed by atoms with Crippen LogP contribution < -0.4 is 4.74 Å². The van der Waals surface area contributed by atoms with Gasteiger partial charge in [0.1, 0.15) is 5.75 Å². The van der Waals surface area contributed by atoms with Gasteiger partial charge in [0.25, 0.3) is 0 Å². The Labute approximate surface area is 151 Å². The van der Waals surface area contributed by atoms with Crippen molar-refractivity contribution < 1.29 is 49.1 Å². The molecule has 1 aromatic carbocycles. The van der Waals surface area contributed by atoms with E-state index in [1.807, 2.05) is 0 Å². The quantitative estimate of drug-likeness (QED) is 0.550. The van der Waals surface area contributed by atoms with Crippen molar-refractivity contribution in [2.45, 2.75) is 42.8 Å². The van der Waals surface area contributed by atoms with Gasteiger partial charge in [-0.2, -0.15) is 26.3 Å². The molecule has 0 aromatic heterocycles. The van der Waals surface area contributed by atoms with Gasteiger partial charge in [-0.15, -0.1) is 0 Å². The second kappa shape index (κ2) is 8.28. The van der Waals surface area contributed by atoms with E-state index in [0.29, 0.717) is 10.6 Å². The largest absolute Gasteiger partial charge is 0.497 e. The molecule has 0 unspecified atom stereocenters. The number of halogens is 6. The third kappa shape index (κ3) is 6.85. The van der Waals surface area contributed by atoms with Gasteiger partial charge in [-0.05, 0) is 45.0 Å². The molecule has 0 saturated carbocycles. The van der Waals surface area contributed by atoms with Gasteiger partial charge in [-0.3, -0.25) is 9.59 Å². The van der Waals surface area contributed by atoms with Crippen LogP contribution in [0.15, 0.2) is 29.2 Å². The molecule has 0 saturated heterocycles. The monoisotopic (exact) mass is 422 g/mol. The first-order valence-corrected chi connectivity index (χ1v) is 8.45. The van der Waals surface area contributed by atoms with Crippen molar-refractivity contribution in [3.63, 3.8) is 0 Å². The molecule has 0 fully saturated rings. The van der Waals surface area contributed by atoms with Crippen molar-refractivity contribution in [1.82, 2.24) is 0 Å². The lowest BCUT2D eigenvalue weighted by atomic mass is 10.2. The molecule has 0 radical (unpaired) electrons. The van der Waals surface area contributed by atoms with Crippen LogP contribution in [0.5, 0.6) is 5.75 Å². The fraction of sp³-hybridized carbons (Fsp3) is 0.467. The molecule has 0 aliphatic heterocycles. The first-order valence-electron chi connectivity index (χ1n) is 6.97. The highest BCUT2D eigenvalue weighted by Crippen LogP contribution is 2.26. The van der Waals surface area contributed by atoms with E-state index >= 15 is 0 Å². The van der Waals surface area contributed by atoms with Crippen LogP contribution in [0.4, 0.5) is 26.3 Å². The Morgan fingerprint density at radius 3 is 1.37 bits per heavy atom. The highest BCUT2D eigenvalue weighted by atomic mass is 32.2. The van der Waals surface area contributed by atoms with Gasteiger partial charge in [0.15, 0.2) is 9.84 Å². The number of sulfone groups is 1. The molecule has 154 valence electrons. The molecular weight excluding hydrogens is 406 g/mol. The molecule has 1 rings (SSSR count). The molecule has 1 aromatic rings. The summed E-state index contributed by atoms with van der Waals surface area (Å²) in [4.78, 5) is 19.6. The second-order valence-electron chi connectivity index (χ2n) is 5.95. The zero-order valence-electron chi connectivity index (χ0n) is 14.5. The summed E-state index contributed by atoms with van der Waals surface area (Å²) in [6, 6.07) is 6.44. The van der Waals surface area contributed by atoms with E-state index in [0.717, 1.165) is 0 Å². The fourth-order valence-corrected chi connectivity index (χ4v) is 2.57. The maximum atomic E-state index is 12.0. The van der Waals surface area contributed by atoms with E-state index in [1.165, 1.54) is 0 Å². The molecule has 5 nitrogen and oxygen atoms in total. The molecule has 0 spiro atoms. The van der Waals surface area contributed by atoms with Crippen molar-refractivity contribution in [3.8, 4) is 5.75 Å². The van der Waals surface area contributed by atoms with Crippen molar-refractivity contribution in [2.75, 3.05) is 7.11 Å². The number of Topliss-reactive ketones (excluding diaryl/α,β-unsaturated/α-hetero) is 2. The maximum Gasteiger partial charge on any atom is 0.458 e. The lowest BCUT2D eigenvalue weighted by Gasteiger charge is -2.19. The second-order valence-corrected chi connectivity index (χ2v) is 8.65. The van der Waals surface area contributed by atoms with Crippen LogP contribution in [0.1, 0.15) is 20.8 Å². The number of ether oxygens (including phenoxy) is 1. The van der Waals surface area contributed by atoms with Crippen LogP contribution in [-0.2, 0) is 19.4 Å². The average Bonchev–Trinajstić information content (AvgIpc) is 2.51. The molecule has 0 aliphatic rings. The van der Waals surface area contributed by atoms with Crippen LogP contribution >= 0.6 is 0 Å². The molecule has 0 amide bonds. The number of methoxy groups -OCH3 is 1. The van der Waals surface area contributed by atoms with E-state index in [1.54, 1.807) is 52.1 Å². The summed E-state index contributed by atoms with van der Waals surface area (Å²) in [6.45, 7) is 5.06. The van der Waals surface area contributed by atoms with Crippen LogP contribution in [0, 0.1) is 0 Å². The first-order chi connectivity index (χ1) is 11.9. The molecule has 0 heterocycles. The SMILES string of the molecule is COc1ccc(S(=O)(=O)C(C)(C)C)cc1.O=C(C(=O)C(F)(F)F)C(F)(F)F. The lowest BCUT2D eigenvalue weighted by Crippen LogP contribution is -2.39. The van der Waals surface area contributed by atoms with Gasteiger partial charge in [0.2, 0.25) is 0 Å². The van der Waals surface area contributed by atoms with Gasteiger partial charge >= 0.3 is 23.9 Å². The number of ketones is 2. The minimum absolute atomic E-state index is 0.329. The van der Waals surface area contributed by atoms with Crippen LogP contribution in [0.3, 0.4) is 0 Å². The summed E-state index contributed by atoms with van der Waals surface area (Å²) in [5, 5.41) is 0. The van der Waals surface area contributed by atoms with E-state index in [9.17, 15) is 44.3 Å². The molecule has 0 atom stereocenters. The Bertz CT molecular complexity index is 747. The number of rotatable bonds is 3. The van der Waals surface area contributed by atoms with Gasteiger partial charge in [-0.1, -0.05) is 0 Å². The fourth-order valence-electron chi connectivity index (χ4n) is 1.37. The Morgan fingerprint density at radius 2 is 1.15 bits per heavy atom. The van der Waals surface area contributed by atoms with E-state index < -0.39 is 38.5 Å². The first kappa shape index (κ1) is 24.9. The Balaban J connectivity index is 0.000000516. The third-order valence-corrected chi connectivity index (χ3v) is 5.40. The number of carbonyl (C=O) groups excluding carboxylic acids is 2. The van der Waals surface area contributed by atoms with Crippen molar-refractivity contribution in [1.29, 1.82) is 0 Å². The zero-order valence-corrected chi connectivity index (χ0v) is 15.3. The topological polar surface area (TPSA) is 77.5 Å². The molecular formula is C15H16F6O5S. The van der Waals surface area contributed by atoms with Crippen LogP contribution in [-0.4, -0.2) is 44.2 Å². The predicted molar refractivity (Wildman–Crippen MR) is 82.1 cm³/mol. The number of hydrogen-bond acceptors (Lipinski definition) is 5. The highest BCUT2D eigenvalue weighted by Gasteiger charge is 2.54. The standard InChI is InChI=1S/C11H16O3S.C4F6O2/c1-11(2,3)15(12,13)10-7-5-9(14-4)6-8-10;5-3(6,7)1(11)2(12)4(8,9)10/h5-8H,1-4H3;. The third-order valence-electron chi connectivity index (χ3n) is 2.90. The average molecular weight is 422 g/mol. The lowest BCUT2D eigenvalue weighted by molar-refractivity contribution is -0.193. The van der Waals surface area contributed by atoms with Gasteiger partial charge in [-0.25, -0.2) is 8.42 Å². The summed E-state index contributed by atoms with van der Waals surface area (Å²) in [5.74, 6) is -6.16. The molecule has 0 N–H and O–H groups in total. The van der Waals surface area contributed by atoms with Crippen molar-refractivity contribution in [2.24, 2.45) is 0 Å².